The van der Waals surface area contributed by atoms with Crippen LogP contribution in [0.2, 0.25) is 0 Å². The molecule has 2 heterocycles. The summed E-state index contributed by atoms with van der Waals surface area (Å²) in [5.41, 5.74) is -0.717. The maximum absolute atomic E-state index is 12.2. The molecule has 2 saturated heterocycles. The number of hydrogen-bond donors (Lipinski definition) is 1. The minimum atomic E-state index is -0.717. The number of nitrogens with zero attached hydrogens (tertiary/aromatic N) is 1. The third-order valence-electron chi connectivity index (χ3n) is 3.30. The molecule has 0 bridgehead atoms. The number of terminal acetylenes is 1. The van der Waals surface area contributed by atoms with Gasteiger partial charge in [0.15, 0.2) is 0 Å². The van der Waals surface area contributed by atoms with E-state index in [4.69, 9.17) is 11.2 Å². The van der Waals surface area contributed by atoms with Crippen molar-refractivity contribution >= 4 is 11.9 Å². The van der Waals surface area contributed by atoms with Crippen molar-refractivity contribution in [3.63, 3.8) is 0 Å². The fraction of sp³-hybridized carbons (Fsp3) is 0.667. The van der Waals surface area contributed by atoms with Gasteiger partial charge < -0.3 is 10.1 Å². The maximum Gasteiger partial charge on any atom is 0.325 e. The molecule has 17 heavy (non-hydrogen) atoms. The normalized spacial score (nSPS) is 22.6. The topological polar surface area (TPSA) is 58.6 Å². The number of imide groups is 1. The molecule has 5 heteroatoms. The highest BCUT2D eigenvalue weighted by atomic mass is 16.5. The average Bonchev–Trinajstić information content (AvgIpc) is 2.55. The molecule has 2 rings (SSSR count). The van der Waals surface area contributed by atoms with Gasteiger partial charge in [0.05, 0.1) is 0 Å². The van der Waals surface area contributed by atoms with E-state index < -0.39 is 5.54 Å². The smallest absolute Gasteiger partial charge is 0.325 e. The van der Waals surface area contributed by atoms with Gasteiger partial charge in [0.1, 0.15) is 5.54 Å². The number of carbonyl (C=O) groups is 2. The Hall–Kier alpha value is -1.54. The summed E-state index contributed by atoms with van der Waals surface area (Å²) in [6.45, 7) is 1.44. The van der Waals surface area contributed by atoms with Crippen LogP contribution in [0.5, 0.6) is 0 Å². The number of rotatable bonds is 3. The molecule has 2 aliphatic rings. The van der Waals surface area contributed by atoms with E-state index in [1.807, 2.05) is 0 Å². The van der Waals surface area contributed by atoms with Gasteiger partial charge in [-0.2, -0.15) is 0 Å². The Balaban J connectivity index is 2.03. The summed E-state index contributed by atoms with van der Waals surface area (Å²) >= 11 is 0. The van der Waals surface area contributed by atoms with Crippen molar-refractivity contribution in [2.24, 2.45) is 0 Å². The molecule has 1 N–H and O–H groups in total. The molecular weight excluding hydrogens is 220 g/mol. The minimum Gasteiger partial charge on any atom is -0.381 e. The second kappa shape index (κ2) is 4.76. The van der Waals surface area contributed by atoms with Crippen LogP contribution in [-0.4, -0.2) is 42.1 Å². The van der Waals surface area contributed by atoms with Crippen molar-refractivity contribution in [2.75, 3.05) is 19.8 Å². The van der Waals surface area contributed by atoms with Gasteiger partial charge in [0.25, 0.3) is 5.91 Å². The highest BCUT2D eigenvalue weighted by molar-refractivity contribution is 6.07. The largest absolute Gasteiger partial charge is 0.381 e. The molecule has 3 amide bonds. The lowest BCUT2D eigenvalue weighted by Gasteiger charge is -2.30. The number of nitrogens with one attached hydrogen (secondary N) is 1. The van der Waals surface area contributed by atoms with Gasteiger partial charge in [-0.05, 0) is 6.42 Å². The lowest BCUT2D eigenvalue weighted by atomic mass is 9.90. The molecule has 5 nitrogen and oxygen atoms in total. The Bertz CT molecular complexity index is 366. The highest BCUT2D eigenvalue weighted by Crippen LogP contribution is 2.28. The van der Waals surface area contributed by atoms with Crippen molar-refractivity contribution < 1.29 is 14.3 Å². The van der Waals surface area contributed by atoms with Crippen LogP contribution in [0.3, 0.4) is 0 Å². The number of amides is 3. The number of unbranched alkanes of at least 4 members (excludes halogenated alkanes) is 1. The Kier molecular flexibility index (Phi) is 3.34. The molecule has 1 spiro atoms. The Morgan fingerprint density at radius 1 is 1.41 bits per heavy atom. The van der Waals surface area contributed by atoms with Gasteiger partial charge in [0.2, 0.25) is 0 Å². The number of ether oxygens (including phenoxy) is 1. The summed E-state index contributed by atoms with van der Waals surface area (Å²) in [6, 6.07) is -0.297. The highest BCUT2D eigenvalue weighted by Gasteiger charge is 2.51. The maximum atomic E-state index is 12.2. The Morgan fingerprint density at radius 3 is 2.76 bits per heavy atom. The Labute approximate surface area is 100 Å². The van der Waals surface area contributed by atoms with Crippen molar-refractivity contribution in [1.82, 2.24) is 10.2 Å². The predicted molar refractivity (Wildman–Crippen MR) is 61.1 cm³/mol. The third-order valence-corrected chi connectivity index (χ3v) is 3.30. The molecule has 0 unspecified atom stereocenters. The van der Waals surface area contributed by atoms with E-state index in [0.29, 0.717) is 45.4 Å². The van der Waals surface area contributed by atoms with Crippen molar-refractivity contribution in [1.29, 1.82) is 0 Å². The lowest BCUT2D eigenvalue weighted by molar-refractivity contribution is -0.134. The van der Waals surface area contributed by atoms with E-state index in [0.717, 1.165) is 0 Å². The average molecular weight is 236 g/mol. The third kappa shape index (κ3) is 2.13. The van der Waals surface area contributed by atoms with Crippen molar-refractivity contribution in [3.8, 4) is 12.3 Å². The summed E-state index contributed by atoms with van der Waals surface area (Å²) in [4.78, 5) is 25.3. The zero-order valence-electron chi connectivity index (χ0n) is 9.70. The van der Waals surface area contributed by atoms with E-state index >= 15 is 0 Å². The summed E-state index contributed by atoms with van der Waals surface area (Å²) < 4.78 is 5.22. The number of hydrogen-bond acceptors (Lipinski definition) is 3. The van der Waals surface area contributed by atoms with E-state index in [2.05, 4.69) is 11.2 Å². The van der Waals surface area contributed by atoms with Crippen LogP contribution in [0, 0.1) is 12.3 Å². The van der Waals surface area contributed by atoms with E-state index in [9.17, 15) is 9.59 Å². The van der Waals surface area contributed by atoms with Crippen LogP contribution in [0.15, 0.2) is 0 Å². The van der Waals surface area contributed by atoms with E-state index in [1.54, 1.807) is 0 Å². The van der Waals surface area contributed by atoms with Gasteiger partial charge in [0, 0.05) is 39.0 Å². The molecule has 0 aromatic heterocycles. The molecule has 0 atom stereocenters. The first kappa shape index (κ1) is 11.9. The molecule has 0 radical (unpaired) electrons. The number of urea groups is 1. The molecular formula is C12H16N2O3. The van der Waals surface area contributed by atoms with Crippen molar-refractivity contribution in [3.05, 3.63) is 0 Å². The molecule has 2 aliphatic heterocycles. The fourth-order valence-corrected chi connectivity index (χ4v) is 2.28. The van der Waals surface area contributed by atoms with Gasteiger partial charge in [-0.3, -0.25) is 9.69 Å². The molecule has 0 saturated carbocycles. The fourth-order valence-electron chi connectivity index (χ4n) is 2.28. The van der Waals surface area contributed by atoms with Crippen LogP contribution in [0.4, 0.5) is 4.79 Å². The summed E-state index contributed by atoms with van der Waals surface area (Å²) in [5, 5.41) is 2.80. The molecule has 2 fully saturated rings. The molecule has 0 aromatic rings. The SMILES string of the molecule is C#CCCCN1C(=O)NC2(CCOCC2)C1=O. The van der Waals surface area contributed by atoms with E-state index in [1.165, 1.54) is 4.90 Å². The van der Waals surface area contributed by atoms with E-state index in [-0.39, 0.29) is 11.9 Å². The van der Waals surface area contributed by atoms with Gasteiger partial charge in [-0.1, -0.05) is 0 Å². The predicted octanol–water partition coefficient (Wildman–Crippen LogP) is 0.501. The first-order valence-electron chi connectivity index (χ1n) is 5.85. The summed E-state index contributed by atoms with van der Waals surface area (Å²) in [6.07, 6.45) is 7.50. The van der Waals surface area contributed by atoms with Crippen LogP contribution in [0.1, 0.15) is 25.7 Å². The first-order chi connectivity index (χ1) is 8.19. The minimum absolute atomic E-state index is 0.122. The second-order valence-electron chi connectivity index (χ2n) is 4.39. The van der Waals surface area contributed by atoms with Crippen LogP contribution in [-0.2, 0) is 9.53 Å². The zero-order valence-corrected chi connectivity index (χ0v) is 9.70. The summed E-state index contributed by atoms with van der Waals surface area (Å²) in [5.74, 6) is 2.38. The molecule has 0 aliphatic carbocycles. The number of carbonyl (C=O) groups excluding carboxylic acids is 2. The Morgan fingerprint density at radius 2 is 2.12 bits per heavy atom. The van der Waals surface area contributed by atoms with Crippen molar-refractivity contribution in [2.45, 2.75) is 31.2 Å². The first-order valence-corrected chi connectivity index (χ1v) is 5.85. The van der Waals surface area contributed by atoms with Gasteiger partial charge in [-0.25, -0.2) is 4.79 Å². The van der Waals surface area contributed by atoms with Gasteiger partial charge >= 0.3 is 6.03 Å². The zero-order chi connectivity index (χ0) is 12.3. The van der Waals surface area contributed by atoms with Crippen LogP contribution < -0.4 is 5.32 Å². The summed E-state index contributed by atoms with van der Waals surface area (Å²) in [7, 11) is 0. The van der Waals surface area contributed by atoms with Gasteiger partial charge in [-0.15, -0.1) is 12.3 Å². The quantitative estimate of drug-likeness (QED) is 0.441. The van der Waals surface area contributed by atoms with Crippen LogP contribution >= 0.6 is 0 Å². The second-order valence-corrected chi connectivity index (χ2v) is 4.39. The van der Waals surface area contributed by atoms with Crippen LogP contribution in [0.25, 0.3) is 0 Å². The molecule has 92 valence electrons. The molecule has 0 aromatic carbocycles. The standard InChI is InChI=1S/C12H16N2O3/c1-2-3-4-7-14-10(15)12(13-11(14)16)5-8-17-9-6-12/h1H,3-9H2,(H,13,16). The lowest BCUT2D eigenvalue weighted by Crippen LogP contribution is -2.51. The monoisotopic (exact) mass is 236 g/mol.